The maximum absolute atomic E-state index is 12.2. The second-order valence-electron chi connectivity index (χ2n) is 6.34. The third-order valence-electron chi connectivity index (χ3n) is 3.88. The number of rotatable bonds is 11. The van der Waals surface area contributed by atoms with Crippen molar-refractivity contribution >= 4 is 40.0 Å². The Hall–Kier alpha value is -2.12. The van der Waals surface area contributed by atoms with Gasteiger partial charge in [-0.1, -0.05) is 6.07 Å². The van der Waals surface area contributed by atoms with Crippen molar-refractivity contribution in [2.24, 2.45) is 4.99 Å². The number of benzene rings is 1. The summed E-state index contributed by atoms with van der Waals surface area (Å²) in [7, 11) is -1.97. The van der Waals surface area contributed by atoms with Gasteiger partial charge in [-0.25, -0.2) is 18.1 Å². The molecule has 11 heteroatoms. The highest BCUT2D eigenvalue weighted by Crippen LogP contribution is 2.19. The molecule has 2 aromatic rings. The number of ether oxygens (including phenoxy) is 2. The fourth-order valence-electron chi connectivity index (χ4n) is 2.46. The van der Waals surface area contributed by atoms with Crippen molar-refractivity contribution in [3.63, 3.8) is 0 Å². The van der Waals surface area contributed by atoms with Gasteiger partial charge in [0.2, 0.25) is 10.0 Å². The van der Waals surface area contributed by atoms with Crippen LogP contribution in [0.4, 0.5) is 0 Å². The number of pyridine rings is 1. The highest BCUT2D eigenvalue weighted by molar-refractivity contribution is 14.0. The first-order valence-corrected chi connectivity index (χ1v) is 11.2. The summed E-state index contributed by atoms with van der Waals surface area (Å²) in [4.78, 5) is 8.46. The maximum Gasteiger partial charge on any atom is 0.242 e. The van der Waals surface area contributed by atoms with Crippen LogP contribution in [0.5, 0.6) is 11.5 Å². The van der Waals surface area contributed by atoms with Gasteiger partial charge in [-0.2, -0.15) is 0 Å². The molecule has 0 fully saturated rings. The summed E-state index contributed by atoms with van der Waals surface area (Å²) in [6, 6.07) is 10.5. The van der Waals surface area contributed by atoms with Crippen molar-refractivity contribution in [1.29, 1.82) is 0 Å². The minimum atomic E-state index is -3.58. The lowest BCUT2D eigenvalue weighted by atomic mass is 10.3. The number of sulfonamides is 1. The molecule has 172 valence electrons. The smallest absolute Gasteiger partial charge is 0.242 e. The lowest BCUT2D eigenvalue weighted by molar-refractivity contribution is 0.229. The average Bonchev–Trinajstić information content (AvgIpc) is 2.75. The third kappa shape index (κ3) is 9.70. The first-order chi connectivity index (χ1) is 14.4. The van der Waals surface area contributed by atoms with Crippen LogP contribution in [-0.4, -0.2) is 58.8 Å². The van der Waals surface area contributed by atoms with Crippen LogP contribution in [-0.2, 0) is 10.0 Å². The molecule has 0 saturated heterocycles. The summed E-state index contributed by atoms with van der Waals surface area (Å²) in [5.41, 5.74) is 0. The van der Waals surface area contributed by atoms with Crippen LogP contribution in [0.25, 0.3) is 0 Å². The molecule has 0 aliphatic rings. The van der Waals surface area contributed by atoms with Gasteiger partial charge < -0.3 is 20.1 Å². The molecule has 1 aromatic heterocycles. The Balaban J connectivity index is 0.00000480. The minimum absolute atomic E-state index is 0. The van der Waals surface area contributed by atoms with Crippen LogP contribution < -0.4 is 24.8 Å². The molecule has 0 saturated carbocycles. The summed E-state index contributed by atoms with van der Waals surface area (Å²) < 4.78 is 38.0. The molecule has 1 atom stereocenters. The van der Waals surface area contributed by atoms with E-state index in [9.17, 15) is 8.42 Å². The van der Waals surface area contributed by atoms with Gasteiger partial charge in [-0.15, -0.1) is 24.0 Å². The first-order valence-electron chi connectivity index (χ1n) is 9.67. The molecular formula is C20H30IN5O4S. The number of nitrogens with zero attached hydrogens (tertiary/aromatic N) is 2. The Morgan fingerprint density at radius 2 is 1.94 bits per heavy atom. The van der Waals surface area contributed by atoms with Gasteiger partial charge in [0.25, 0.3) is 0 Å². The van der Waals surface area contributed by atoms with Gasteiger partial charge in [-0.05, 0) is 38.1 Å². The number of methoxy groups -OCH3 is 1. The number of aliphatic imine (C=N–C) groups is 1. The number of hydrogen-bond donors (Lipinski definition) is 3. The fraction of sp³-hybridized carbons (Fsp3) is 0.400. The van der Waals surface area contributed by atoms with Crippen molar-refractivity contribution in [3.05, 3.63) is 48.8 Å². The van der Waals surface area contributed by atoms with Gasteiger partial charge >= 0.3 is 0 Å². The second kappa shape index (κ2) is 14.0. The van der Waals surface area contributed by atoms with Crippen molar-refractivity contribution in [1.82, 2.24) is 20.3 Å². The standard InChI is InChI=1S/C20H29N5O4S.HI/c1-4-22-20(23-11-12-25-30(26,27)19-9-6-10-21-15-19)24-14-16(2)29-18-8-5-7-17(13-18)28-3;/h5-10,13,15-16,25H,4,11-12,14H2,1-3H3,(H2,22,23,24);1H. The molecule has 0 bridgehead atoms. The van der Waals surface area contributed by atoms with Gasteiger partial charge in [0.05, 0.1) is 13.7 Å². The second-order valence-corrected chi connectivity index (χ2v) is 8.11. The molecule has 1 unspecified atom stereocenters. The normalized spacial score (nSPS) is 12.4. The summed E-state index contributed by atoms with van der Waals surface area (Å²) >= 11 is 0. The number of hydrogen-bond acceptors (Lipinski definition) is 6. The molecule has 2 rings (SSSR count). The molecule has 1 aromatic carbocycles. The first kappa shape index (κ1) is 26.9. The van der Waals surface area contributed by atoms with Gasteiger partial charge in [-0.3, -0.25) is 4.98 Å². The number of nitrogens with one attached hydrogen (secondary N) is 3. The van der Waals surface area contributed by atoms with E-state index in [2.05, 4.69) is 25.3 Å². The van der Waals surface area contributed by atoms with Crippen molar-refractivity contribution in [3.8, 4) is 11.5 Å². The molecule has 0 radical (unpaired) electrons. The van der Waals surface area contributed by atoms with E-state index in [1.165, 1.54) is 18.5 Å². The Morgan fingerprint density at radius 1 is 1.16 bits per heavy atom. The van der Waals surface area contributed by atoms with Crippen molar-refractivity contribution in [2.75, 3.05) is 33.3 Å². The topological polar surface area (TPSA) is 114 Å². The van der Waals surface area contributed by atoms with Crippen molar-refractivity contribution in [2.45, 2.75) is 24.8 Å². The molecule has 9 nitrogen and oxygen atoms in total. The van der Waals surface area contributed by atoms with Gasteiger partial charge in [0, 0.05) is 38.1 Å². The average molecular weight is 563 g/mol. The van der Waals surface area contributed by atoms with E-state index >= 15 is 0 Å². The molecule has 1 heterocycles. The van der Waals surface area contributed by atoms with Crippen LogP contribution in [0.15, 0.2) is 58.7 Å². The molecule has 0 aliphatic heterocycles. The maximum atomic E-state index is 12.2. The van der Waals surface area contributed by atoms with Crippen LogP contribution in [0.2, 0.25) is 0 Å². The molecule has 3 N–H and O–H groups in total. The zero-order valence-electron chi connectivity index (χ0n) is 17.9. The third-order valence-corrected chi connectivity index (χ3v) is 5.33. The lowest BCUT2D eigenvalue weighted by Gasteiger charge is -2.16. The van der Waals surface area contributed by atoms with Gasteiger partial charge in [0.15, 0.2) is 5.96 Å². The van der Waals surface area contributed by atoms with Crippen molar-refractivity contribution < 1.29 is 17.9 Å². The van der Waals surface area contributed by atoms with Crippen LogP contribution >= 0.6 is 24.0 Å². The Morgan fingerprint density at radius 3 is 2.61 bits per heavy atom. The predicted molar refractivity (Wildman–Crippen MR) is 132 cm³/mol. The number of aromatic nitrogens is 1. The summed E-state index contributed by atoms with van der Waals surface area (Å²) in [5.74, 6) is 2.02. The molecule has 0 amide bonds. The zero-order valence-corrected chi connectivity index (χ0v) is 21.0. The van der Waals surface area contributed by atoms with Crippen LogP contribution in [0.3, 0.4) is 0 Å². The quantitative estimate of drug-likeness (QED) is 0.166. The highest BCUT2D eigenvalue weighted by atomic mass is 127. The fourth-order valence-corrected chi connectivity index (χ4v) is 3.46. The molecular weight excluding hydrogens is 533 g/mol. The largest absolute Gasteiger partial charge is 0.497 e. The SMILES string of the molecule is CCNC(=NCC(C)Oc1cccc(OC)c1)NCCNS(=O)(=O)c1cccnc1.I. The lowest BCUT2D eigenvalue weighted by Crippen LogP contribution is -2.42. The van der Waals surface area contributed by atoms with E-state index in [0.29, 0.717) is 31.3 Å². The zero-order chi connectivity index (χ0) is 21.8. The summed E-state index contributed by atoms with van der Waals surface area (Å²) in [6.07, 6.45) is 2.68. The Labute approximate surface area is 201 Å². The Bertz CT molecular complexity index is 913. The molecule has 31 heavy (non-hydrogen) atoms. The summed E-state index contributed by atoms with van der Waals surface area (Å²) in [6.45, 7) is 5.56. The molecule has 0 aliphatic carbocycles. The minimum Gasteiger partial charge on any atom is -0.497 e. The monoisotopic (exact) mass is 563 g/mol. The van der Waals surface area contributed by atoms with E-state index in [-0.39, 0.29) is 41.5 Å². The highest BCUT2D eigenvalue weighted by Gasteiger charge is 2.13. The predicted octanol–water partition coefficient (Wildman–Crippen LogP) is 2.01. The van der Waals surface area contributed by atoms with E-state index in [1.807, 2.05) is 38.1 Å². The summed E-state index contributed by atoms with van der Waals surface area (Å²) in [5, 5.41) is 6.23. The van der Waals surface area contributed by atoms with Crippen LogP contribution in [0.1, 0.15) is 13.8 Å². The van der Waals surface area contributed by atoms with Crippen LogP contribution in [0, 0.1) is 0 Å². The molecule has 0 spiro atoms. The van der Waals surface area contributed by atoms with Gasteiger partial charge in [0.1, 0.15) is 22.5 Å². The van der Waals surface area contributed by atoms with E-state index in [4.69, 9.17) is 9.47 Å². The Kier molecular flexibility index (Phi) is 12.2. The van der Waals surface area contributed by atoms with E-state index in [1.54, 1.807) is 13.2 Å². The van der Waals surface area contributed by atoms with E-state index in [0.717, 1.165) is 5.75 Å². The number of guanidine groups is 1. The van der Waals surface area contributed by atoms with E-state index < -0.39 is 10.0 Å². The number of halogens is 1.